The van der Waals surface area contributed by atoms with Crippen LogP contribution in [0, 0.1) is 5.82 Å². The second-order valence-corrected chi connectivity index (χ2v) is 4.99. The Hall–Kier alpha value is -1.81. The number of carbonyl (C=O) groups excluding carboxylic acids is 1. The van der Waals surface area contributed by atoms with Crippen LogP contribution in [0.15, 0.2) is 36.5 Å². The van der Waals surface area contributed by atoms with Gasteiger partial charge in [-0.05, 0) is 37.6 Å². The number of aromatic amines is 1. The van der Waals surface area contributed by atoms with Crippen LogP contribution in [-0.2, 0) is 0 Å². The molecule has 0 bridgehead atoms. The van der Waals surface area contributed by atoms with E-state index in [1.165, 1.54) is 12.1 Å². The second-order valence-electron chi connectivity index (χ2n) is 4.55. The van der Waals surface area contributed by atoms with Crippen LogP contribution < -0.4 is 0 Å². The van der Waals surface area contributed by atoms with Crippen molar-refractivity contribution >= 4 is 17.5 Å². The molecule has 5 heteroatoms. The van der Waals surface area contributed by atoms with Gasteiger partial charge in [0.25, 0.3) is 5.91 Å². The van der Waals surface area contributed by atoms with Crippen molar-refractivity contribution in [1.82, 2.24) is 9.88 Å². The molecular formula is C15H16ClFN2O. The highest BCUT2D eigenvalue weighted by Crippen LogP contribution is 2.23. The average Bonchev–Trinajstić information content (AvgIpc) is 2.86. The molecular weight excluding hydrogens is 279 g/mol. The molecule has 0 saturated carbocycles. The van der Waals surface area contributed by atoms with E-state index in [9.17, 15) is 9.18 Å². The lowest BCUT2D eigenvalue weighted by Crippen LogP contribution is -2.33. The van der Waals surface area contributed by atoms with Gasteiger partial charge < -0.3 is 9.88 Å². The Labute approximate surface area is 122 Å². The summed E-state index contributed by atoms with van der Waals surface area (Å²) in [6, 6.07) is 7.64. The summed E-state index contributed by atoms with van der Waals surface area (Å²) in [5.74, 6) is -0.414. The first-order valence-corrected chi connectivity index (χ1v) is 6.81. The van der Waals surface area contributed by atoms with Crippen LogP contribution in [-0.4, -0.2) is 22.3 Å². The fraction of sp³-hybridized carbons (Fsp3) is 0.267. The zero-order valence-electron chi connectivity index (χ0n) is 11.4. The van der Waals surface area contributed by atoms with Crippen LogP contribution in [0.25, 0.3) is 0 Å². The summed E-state index contributed by atoms with van der Waals surface area (Å²) in [4.78, 5) is 17.0. The average molecular weight is 295 g/mol. The molecule has 0 spiro atoms. The quantitative estimate of drug-likeness (QED) is 0.908. The number of H-pyrrole nitrogens is 1. The summed E-state index contributed by atoms with van der Waals surface area (Å²) in [6.07, 6.45) is 1.57. The molecule has 0 fully saturated rings. The standard InChI is InChI=1S/C15H16ClFN2O/c1-3-19(15(20)14-8-12(16)9-18-14)10(2)11-4-6-13(17)7-5-11/h4-10,18H,3H2,1-2H3. The van der Waals surface area contributed by atoms with Crippen LogP contribution >= 0.6 is 11.6 Å². The molecule has 106 valence electrons. The monoisotopic (exact) mass is 294 g/mol. The minimum atomic E-state index is -0.286. The Morgan fingerprint density at radius 2 is 2.05 bits per heavy atom. The molecule has 2 aromatic rings. The van der Waals surface area contributed by atoms with Crippen molar-refractivity contribution < 1.29 is 9.18 Å². The van der Waals surface area contributed by atoms with E-state index in [2.05, 4.69) is 4.98 Å². The molecule has 0 radical (unpaired) electrons. The first kappa shape index (κ1) is 14.6. The Bertz CT molecular complexity index is 594. The van der Waals surface area contributed by atoms with Gasteiger partial charge >= 0.3 is 0 Å². The summed E-state index contributed by atoms with van der Waals surface area (Å²) in [7, 11) is 0. The zero-order valence-corrected chi connectivity index (χ0v) is 12.1. The van der Waals surface area contributed by atoms with Crippen LogP contribution in [0.2, 0.25) is 5.02 Å². The van der Waals surface area contributed by atoms with E-state index in [0.717, 1.165) is 5.56 Å². The number of carbonyl (C=O) groups is 1. The zero-order chi connectivity index (χ0) is 14.7. The maximum Gasteiger partial charge on any atom is 0.270 e. The molecule has 0 aliphatic rings. The van der Waals surface area contributed by atoms with Gasteiger partial charge in [0, 0.05) is 12.7 Å². The van der Waals surface area contributed by atoms with Crippen molar-refractivity contribution in [2.75, 3.05) is 6.54 Å². The first-order chi connectivity index (χ1) is 9.52. The molecule has 1 aromatic carbocycles. The van der Waals surface area contributed by atoms with E-state index in [1.54, 1.807) is 29.3 Å². The second kappa shape index (κ2) is 6.09. The number of nitrogens with one attached hydrogen (secondary N) is 1. The molecule has 2 rings (SSSR count). The highest BCUT2D eigenvalue weighted by molar-refractivity contribution is 6.30. The number of aromatic nitrogens is 1. The third-order valence-corrected chi connectivity index (χ3v) is 3.52. The number of hydrogen-bond acceptors (Lipinski definition) is 1. The van der Waals surface area contributed by atoms with E-state index in [0.29, 0.717) is 17.3 Å². The van der Waals surface area contributed by atoms with Crippen molar-refractivity contribution in [2.24, 2.45) is 0 Å². The lowest BCUT2D eigenvalue weighted by Gasteiger charge is -2.28. The minimum absolute atomic E-state index is 0.128. The molecule has 1 amide bonds. The molecule has 1 N–H and O–H groups in total. The van der Waals surface area contributed by atoms with Crippen LogP contribution in [0.1, 0.15) is 35.9 Å². The molecule has 20 heavy (non-hydrogen) atoms. The molecule has 0 aliphatic carbocycles. The third-order valence-electron chi connectivity index (χ3n) is 3.30. The maximum atomic E-state index is 13.0. The highest BCUT2D eigenvalue weighted by atomic mass is 35.5. The molecule has 0 aliphatic heterocycles. The van der Waals surface area contributed by atoms with Crippen molar-refractivity contribution in [1.29, 1.82) is 0 Å². The van der Waals surface area contributed by atoms with Gasteiger partial charge in [0.05, 0.1) is 11.1 Å². The van der Waals surface area contributed by atoms with Crippen LogP contribution in [0.4, 0.5) is 4.39 Å². The summed E-state index contributed by atoms with van der Waals surface area (Å²) < 4.78 is 13.0. The Morgan fingerprint density at radius 1 is 1.40 bits per heavy atom. The summed E-state index contributed by atoms with van der Waals surface area (Å²) in [5, 5.41) is 0.499. The number of amides is 1. The molecule has 1 unspecified atom stereocenters. The predicted octanol–water partition coefficient (Wildman–Crippen LogP) is 4.03. The SMILES string of the molecule is CCN(C(=O)c1cc(Cl)c[nH]1)C(C)c1ccc(F)cc1. The van der Waals surface area contributed by atoms with Gasteiger partial charge in [0.2, 0.25) is 0 Å². The van der Waals surface area contributed by atoms with Gasteiger partial charge in [0.15, 0.2) is 0 Å². The lowest BCUT2D eigenvalue weighted by molar-refractivity contribution is 0.0697. The Morgan fingerprint density at radius 3 is 2.55 bits per heavy atom. The smallest absolute Gasteiger partial charge is 0.270 e. The summed E-state index contributed by atoms with van der Waals surface area (Å²) >= 11 is 5.82. The molecule has 1 heterocycles. The van der Waals surface area contributed by atoms with Gasteiger partial charge in [-0.3, -0.25) is 4.79 Å². The van der Waals surface area contributed by atoms with E-state index in [4.69, 9.17) is 11.6 Å². The van der Waals surface area contributed by atoms with Crippen molar-refractivity contribution in [3.63, 3.8) is 0 Å². The Kier molecular flexibility index (Phi) is 4.45. The molecule has 1 atom stereocenters. The van der Waals surface area contributed by atoms with E-state index in [-0.39, 0.29) is 17.8 Å². The van der Waals surface area contributed by atoms with Crippen molar-refractivity contribution in [3.8, 4) is 0 Å². The van der Waals surface area contributed by atoms with Gasteiger partial charge in [-0.1, -0.05) is 23.7 Å². The number of rotatable bonds is 4. The van der Waals surface area contributed by atoms with Gasteiger partial charge in [-0.25, -0.2) is 4.39 Å². The molecule has 3 nitrogen and oxygen atoms in total. The van der Waals surface area contributed by atoms with Gasteiger partial charge in [-0.2, -0.15) is 0 Å². The van der Waals surface area contributed by atoms with Crippen LogP contribution in [0.5, 0.6) is 0 Å². The topological polar surface area (TPSA) is 36.1 Å². The lowest BCUT2D eigenvalue weighted by atomic mass is 10.1. The number of hydrogen-bond donors (Lipinski definition) is 1. The van der Waals surface area contributed by atoms with Gasteiger partial charge in [0.1, 0.15) is 11.5 Å². The number of nitrogens with zero attached hydrogens (tertiary/aromatic N) is 1. The Balaban J connectivity index is 2.23. The predicted molar refractivity (Wildman–Crippen MR) is 77.3 cm³/mol. The van der Waals surface area contributed by atoms with Gasteiger partial charge in [-0.15, -0.1) is 0 Å². The van der Waals surface area contributed by atoms with Crippen molar-refractivity contribution in [3.05, 3.63) is 58.6 Å². The fourth-order valence-electron chi connectivity index (χ4n) is 2.16. The fourth-order valence-corrected chi connectivity index (χ4v) is 2.32. The van der Waals surface area contributed by atoms with E-state index >= 15 is 0 Å². The summed E-state index contributed by atoms with van der Waals surface area (Å²) in [6.45, 7) is 4.37. The number of benzene rings is 1. The minimum Gasteiger partial charge on any atom is -0.356 e. The largest absolute Gasteiger partial charge is 0.356 e. The third kappa shape index (κ3) is 3.02. The van der Waals surface area contributed by atoms with E-state index < -0.39 is 0 Å². The highest BCUT2D eigenvalue weighted by Gasteiger charge is 2.22. The normalized spacial score (nSPS) is 12.2. The van der Waals surface area contributed by atoms with Crippen LogP contribution in [0.3, 0.4) is 0 Å². The maximum absolute atomic E-state index is 13.0. The van der Waals surface area contributed by atoms with E-state index in [1.807, 2.05) is 13.8 Å². The molecule has 0 saturated heterocycles. The van der Waals surface area contributed by atoms with Crippen molar-refractivity contribution in [2.45, 2.75) is 19.9 Å². The number of halogens is 2. The molecule has 1 aromatic heterocycles. The summed E-state index contributed by atoms with van der Waals surface area (Å²) in [5.41, 5.74) is 1.34. The first-order valence-electron chi connectivity index (χ1n) is 6.43.